The van der Waals surface area contributed by atoms with E-state index in [1.165, 1.54) is 0 Å². The van der Waals surface area contributed by atoms with Crippen LogP contribution < -0.4 is 10.1 Å². The van der Waals surface area contributed by atoms with Crippen LogP contribution in [-0.4, -0.2) is 27.4 Å². The number of nitrogens with zero attached hydrogens (tertiary/aromatic N) is 3. The van der Waals surface area contributed by atoms with Gasteiger partial charge in [-0.05, 0) is 55.8 Å². The predicted octanol–water partition coefficient (Wildman–Crippen LogP) is 5.28. The van der Waals surface area contributed by atoms with Gasteiger partial charge in [0, 0.05) is 35.7 Å². The smallest absolute Gasteiger partial charge is 0.322 e. The first kappa shape index (κ1) is 19.6. The molecular weight excluding hydrogens is 376 g/mol. The van der Waals surface area contributed by atoms with E-state index in [1.807, 2.05) is 38.1 Å². The van der Waals surface area contributed by atoms with Crippen LogP contribution >= 0.6 is 11.6 Å². The van der Waals surface area contributed by atoms with Gasteiger partial charge in [-0.25, -0.2) is 14.8 Å². The summed E-state index contributed by atoms with van der Waals surface area (Å²) in [6, 6.07) is 16.4. The van der Waals surface area contributed by atoms with Gasteiger partial charge >= 0.3 is 12.0 Å². The fourth-order valence-electron chi connectivity index (χ4n) is 2.55. The maximum Gasteiger partial charge on any atom is 0.322 e. The molecular formula is C21H21ClN4O2. The Morgan fingerprint density at radius 3 is 2.57 bits per heavy atom. The van der Waals surface area contributed by atoms with Crippen LogP contribution in [0.5, 0.6) is 11.8 Å². The molecule has 1 N–H and O–H groups in total. The Kier molecular flexibility index (Phi) is 6.45. The first-order valence-corrected chi connectivity index (χ1v) is 9.30. The van der Waals surface area contributed by atoms with E-state index in [2.05, 4.69) is 15.3 Å². The molecule has 0 bridgehead atoms. The molecule has 2 amide bonds. The quantitative estimate of drug-likeness (QED) is 0.615. The second kappa shape index (κ2) is 9.19. The number of benzene rings is 2. The van der Waals surface area contributed by atoms with Crippen molar-refractivity contribution in [2.45, 2.75) is 20.4 Å². The van der Waals surface area contributed by atoms with Gasteiger partial charge in [0.2, 0.25) is 0 Å². The molecule has 0 unspecified atom stereocenters. The van der Waals surface area contributed by atoms with Crippen LogP contribution in [0.4, 0.5) is 10.5 Å². The zero-order chi connectivity index (χ0) is 19.9. The van der Waals surface area contributed by atoms with Gasteiger partial charge < -0.3 is 15.0 Å². The number of urea groups is 1. The summed E-state index contributed by atoms with van der Waals surface area (Å²) in [5.74, 6) is 0.590. The molecule has 28 heavy (non-hydrogen) atoms. The number of anilines is 1. The number of ether oxygens (including phenoxy) is 1. The van der Waals surface area contributed by atoms with Crippen molar-refractivity contribution >= 4 is 23.3 Å². The van der Waals surface area contributed by atoms with Crippen molar-refractivity contribution in [3.05, 3.63) is 77.1 Å². The van der Waals surface area contributed by atoms with E-state index in [0.717, 1.165) is 11.3 Å². The van der Waals surface area contributed by atoms with Crippen molar-refractivity contribution in [2.75, 3.05) is 11.9 Å². The topological polar surface area (TPSA) is 67.4 Å². The minimum Gasteiger partial charge on any atom is -0.424 e. The number of carbonyl (C=O) groups excluding carboxylic acids is 1. The van der Waals surface area contributed by atoms with Crippen LogP contribution in [0, 0.1) is 6.92 Å². The van der Waals surface area contributed by atoms with Crippen LogP contribution in [-0.2, 0) is 6.54 Å². The molecule has 1 aromatic heterocycles. The van der Waals surface area contributed by atoms with Gasteiger partial charge in [0.05, 0.1) is 0 Å². The lowest BCUT2D eigenvalue weighted by Crippen LogP contribution is -2.34. The SMILES string of the molecule is CCN(Cc1ccccc1Cl)C(=O)Nc1ccc(Oc2nccc(C)n2)cc1. The van der Waals surface area contributed by atoms with Gasteiger partial charge in [-0.3, -0.25) is 0 Å². The summed E-state index contributed by atoms with van der Waals surface area (Å²) in [5, 5.41) is 3.54. The summed E-state index contributed by atoms with van der Waals surface area (Å²) in [6.45, 7) is 4.79. The van der Waals surface area contributed by atoms with Gasteiger partial charge in [-0.15, -0.1) is 0 Å². The van der Waals surface area contributed by atoms with E-state index in [4.69, 9.17) is 16.3 Å². The molecule has 0 atom stereocenters. The highest BCUT2D eigenvalue weighted by molar-refractivity contribution is 6.31. The van der Waals surface area contributed by atoms with E-state index >= 15 is 0 Å². The molecule has 7 heteroatoms. The van der Waals surface area contributed by atoms with Gasteiger partial charge in [0.25, 0.3) is 0 Å². The van der Waals surface area contributed by atoms with E-state index < -0.39 is 0 Å². The highest BCUT2D eigenvalue weighted by Gasteiger charge is 2.14. The maximum atomic E-state index is 12.6. The average Bonchev–Trinajstić information content (AvgIpc) is 2.69. The van der Waals surface area contributed by atoms with E-state index in [9.17, 15) is 4.79 Å². The first-order valence-electron chi connectivity index (χ1n) is 8.92. The summed E-state index contributed by atoms with van der Waals surface area (Å²) >= 11 is 6.20. The van der Waals surface area contributed by atoms with Gasteiger partial charge in [-0.1, -0.05) is 29.8 Å². The number of hydrogen-bond donors (Lipinski definition) is 1. The molecule has 144 valence electrons. The van der Waals surface area contributed by atoms with Crippen LogP contribution in [0.2, 0.25) is 5.02 Å². The number of amides is 2. The molecule has 0 radical (unpaired) electrons. The maximum absolute atomic E-state index is 12.6. The molecule has 3 rings (SSSR count). The van der Waals surface area contributed by atoms with Crippen LogP contribution in [0.3, 0.4) is 0 Å². The number of aryl methyl sites for hydroxylation is 1. The lowest BCUT2D eigenvalue weighted by molar-refractivity contribution is 0.212. The minimum absolute atomic E-state index is 0.196. The summed E-state index contributed by atoms with van der Waals surface area (Å²) in [5.41, 5.74) is 2.40. The van der Waals surface area contributed by atoms with Crippen LogP contribution in [0.25, 0.3) is 0 Å². The Labute approximate surface area is 169 Å². The molecule has 6 nitrogen and oxygen atoms in total. The molecule has 0 saturated heterocycles. The van der Waals surface area contributed by atoms with Crippen LogP contribution in [0.15, 0.2) is 60.8 Å². The Morgan fingerprint density at radius 2 is 1.89 bits per heavy atom. The number of halogens is 1. The molecule has 0 aliphatic carbocycles. The highest BCUT2D eigenvalue weighted by atomic mass is 35.5. The summed E-state index contributed by atoms with van der Waals surface area (Å²) < 4.78 is 5.62. The zero-order valence-corrected chi connectivity index (χ0v) is 16.5. The molecule has 3 aromatic rings. The van der Waals surface area contributed by atoms with Crippen molar-refractivity contribution in [2.24, 2.45) is 0 Å². The van der Waals surface area contributed by atoms with E-state index in [1.54, 1.807) is 41.4 Å². The van der Waals surface area contributed by atoms with Crippen molar-refractivity contribution < 1.29 is 9.53 Å². The summed E-state index contributed by atoms with van der Waals surface area (Å²) in [4.78, 5) is 22.5. The van der Waals surface area contributed by atoms with Gasteiger partial charge in [-0.2, -0.15) is 0 Å². The second-order valence-corrected chi connectivity index (χ2v) is 6.55. The Balaban J connectivity index is 1.62. The number of carbonyl (C=O) groups is 1. The molecule has 0 saturated carbocycles. The second-order valence-electron chi connectivity index (χ2n) is 6.14. The molecule has 0 spiro atoms. The van der Waals surface area contributed by atoms with Gasteiger partial charge in [0.1, 0.15) is 5.75 Å². The van der Waals surface area contributed by atoms with Crippen molar-refractivity contribution in [1.82, 2.24) is 14.9 Å². The zero-order valence-electron chi connectivity index (χ0n) is 15.7. The predicted molar refractivity (Wildman–Crippen MR) is 110 cm³/mol. The summed E-state index contributed by atoms with van der Waals surface area (Å²) in [6.07, 6.45) is 1.64. The van der Waals surface area contributed by atoms with E-state index in [0.29, 0.717) is 29.5 Å². The van der Waals surface area contributed by atoms with Gasteiger partial charge in [0.15, 0.2) is 0 Å². The largest absolute Gasteiger partial charge is 0.424 e. The Morgan fingerprint density at radius 1 is 1.14 bits per heavy atom. The third-order valence-electron chi connectivity index (χ3n) is 4.08. The molecule has 2 aromatic carbocycles. The summed E-state index contributed by atoms with van der Waals surface area (Å²) in [7, 11) is 0. The number of rotatable bonds is 6. The number of hydrogen-bond acceptors (Lipinski definition) is 4. The average molecular weight is 397 g/mol. The number of nitrogens with one attached hydrogen (secondary N) is 1. The van der Waals surface area contributed by atoms with Crippen molar-refractivity contribution in [1.29, 1.82) is 0 Å². The van der Waals surface area contributed by atoms with Crippen molar-refractivity contribution in [3.8, 4) is 11.8 Å². The molecule has 1 heterocycles. The first-order chi connectivity index (χ1) is 13.5. The van der Waals surface area contributed by atoms with E-state index in [-0.39, 0.29) is 12.0 Å². The standard InChI is InChI=1S/C21H21ClN4O2/c1-3-26(14-16-6-4-5-7-19(16)22)21(27)25-17-8-10-18(11-9-17)28-20-23-13-12-15(2)24-20/h4-13H,3,14H2,1-2H3,(H,25,27). The monoisotopic (exact) mass is 396 g/mol. The lowest BCUT2D eigenvalue weighted by Gasteiger charge is -2.22. The fraction of sp³-hybridized carbons (Fsp3) is 0.190. The normalized spacial score (nSPS) is 10.4. The third kappa shape index (κ3) is 5.20. The fourth-order valence-corrected chi connectivity index (χ4v) is 2.74. The Bertz CT molecular complexity index is 947. The molecule has 0 aliphatic rings. The lowest BCUT2D eigenvalue weighted by atomic mass is 10.2. The third-order valence-corrected chi connectivity index (χ3v) is 4.44. The highest BCUT2D eigenvalue weighted by Crippen LogP contribution is 2.21. The van der Waals surface area contributed by atoms with Crippen molar-refractivity contribution in [3.63, 3.8) is 0 Å². The Hall–Kier alpha value is -3.12. The molecule has 0 fully saturated rings. The van der Waals surface area contributed by atoms with Crippen LogP contribution in [0.1, 0.15) is 18.2 Å². The molecule has 0 aliphatic heterocycles. The minimum atomic E-state index is -0.196. The number of aromatic nitrogens is 2.